The molecule has 0 bridgehead atoms. The standard InChI is InChI=1S/C22H27N3O4/c1-15(2)29-21-11-9-20(10-12-21)25(17(4)27)14-13-22(28)24-19-7-5-18(6-8-19)23-16(3)26/h5-12,15H,13-14H2,1-4H3,(H,23,26)(H,24,28). The third-order valence-electron chi connectivity index (χ3n) is 3.95. The maximum atomic E-state index is 12.3. The second-order valence-corrected chi connectivity index (χ2v) is 6.89. The Hall–Kier alpha value is -3.35. The van der Waals surface area contributed by atoms with Crippen molar-refractivity contribution < 1.29 is 19.1 Å². The van der Waals surface area contributed by atoms with Crippen LogP contribution >= 0.6 is 0 Å². The molecule has 3 amide bonds. The molecular weight excluding hydrogens is 370 g/mol. The van der Waals surface area contributed by atoms with Crippen LogP contribution in [0.4, 0.5) is 17.1 Å². The summed E-state index contributed by atoms with van der Waals surface area (Å²) < 4.78 is 5.61. The van der Waals surface area contributed by atoms with E-state index >= 15 is 0 Å². The zero-order valence-electron chi connectivity index (χ0n) is 17.2. The third kappa shape index (κ3) is 7.29. The predicted molar refractivity (Wildman–Crippen MR) is 114 cm³/mol. The van der Waals surface area contributed by atoms with Gasteiger partial charge in [0.05, 0.1) is 6.10 Å². The lowest BCUT2D eigenvalue weighted by Crippen LogP contribution is -2.31. The molecule has 7 heteroatoms. The Morgan fingerprint density at radius 2 is 1.45 bits per heavy atom. The molecule has 2 rings (SSSR count). The molecule has 2 aromatic rings. The Morgan fingerprint density at radius 3 is 1.93 bits per heavy atom. The van der Waals surface area contributed by atoms with Gasteiger partial charge in [0.1, 0.15) is 5.75 Å². The van der Waals surface area contributed by atoms with Gasteiger partial charge in [-0.2, -0.15) is 0 Å². The number of hydrogen-bond acceptors (Lipinski definition) is 4. The number of carbonyl (C=O) groups excluding carboxylic acids is 3. The fourth-order valence-electron chi connectivity index (χ4n) is 2.72. The van der Waals surface area contributed by atoms with E-state index in [0.717, 1.165) is 5.75 Å². The van der Waals surface area contributed by atoms with Gasteiger partial charge in [-0.25, -0.2) is 0 Å². The van der Waals surface area contributed by atoms with E-state index in [2.05, 4.69) is 10.6 Å². The van der Waals surface area contributed by atoms with Gasteiger partial charge >= 0.3 is 0 Å². The van der Waals surface area contributed by atoms with Gasteiger partial charge in [-0.15, -0.1) is 0 Å². The molecule has 0 radical (unpaired) electrons. The smallest absolute Gasteiger partial charge is 0.226 e. The van der Waals surface area contributed by atoms with E-state index in [4.69, 9.17) is 4.74 Å². The van der Waals surface area contributed by atoms with Crippen LogP contribution in [0, 0.1) is 0 Å². The van der Waals surface area contributed by atoms with Crippen molar-refractivity contribution in [3.05, 3.63) is 48.5 Å². The highest BCUT2D eigenvalue weighted by molar-refractivity contribution is 5.95. The van der Waals surface area contributed by atoms with Crippen LogP contribution in [0.25, 0.3) is 0 Å². The molecule has 0 aliphatic carbocycles. The molecule has 0 aliphatic rings. The quantitative estimate of drug-likeness (QED) is 0.709. The van der Waals surface area contributed by atoms with Crippen LogP contribution < -0.4 is 20.3 Å². The minimum Gasteiger partial charge on any atom is -0.491 e. The molecule has 29 heavy (non-hydrogen) atoms. The average Bonchev–Trinajstić information content (AvgIpc) is 2.63. The SMILES string of the molecule is CC(=O)Nc1ccc(NC(=O)CCN(C(C)=O)c2ccc(OC(C)C)cc2)cc1. The normalized spacial score (nSPS) is 10.4. The average molecular weight is 397 g/mol. The molecule has 2 N–H and O–H groups in total. The van der Waals surface area contributed by atoms with Crippen LogP contribution in [0.3, 0.4) is 0 Å². The number of nitrogens with zero attached hydrogens (tertiary/aromatic N) is 1. The number of rotatable bonds is 8. The first-order valence-electron chi connectivity index (χ1n) is 9.47. The van der Waals surface area contributed by atoms with Gasteiger partial charge in [0.15, 0.2) is 0 Å². The number of amides is 3. The van der Waals surface area contributed by atoms with Crippen molar-refractivity contribution in [3.8, 4) is 5.75 Å². The highest BCUT2D eigenvalue weighted by Gasteiger charge is 2.14. The summed E-state index contributed by atoms with van der Waals surface area (Å²) in [6.07, 6.45) is 0.220. The number of nitrogens with one attached hydrogen (secondary N) is 2. The molecule has 0 spiro atoms. The van der Waals surface area contributed by atoms with Gasteiger partial charge in [-0.05, 0) is 62.4 Å². The lowest BCUT2D eigenvalue weighted by molar-refractivity contribution is -0.117. The topological polar surface area (TPSA) is 87.7 Å². The Balaban J connectivity index is 1.93. The first-order valence-corrected chi connectivity index (χ1v) is 9.47. The largest absolute Gasteiger partial charge is 0.491 e. The van der Waals surface area contributed by atoms with Crippen molar-refractivity contribution in [2.45, 2.75) is 40.2 Å². The maximum Gasteiger partial charge on any atom is 0.226 e. The first kappa shape index (κ1) is 21.9. The number of ether oxygens (including phenoxy) is 1. The molecule has 0 saturated heterocycles. The van der Waals surface area contributed by atoms with E-state index in [0.29, 0.717) is 17.1 Å². The van der Waals surface area contributed by atoms with E-state index in [1.165, 1.54) is 13.8 Å². The monoisotopic (exact) mass is 397 g/mol. The van der Waals surface area contributed by atoms with Crippen molar-refractivity contribution in [2.24, 2.45) is 0 Å². The van der Waals surface area contributed by atoms with E-state index < -0.39 is 0 Å². The molecule has 0 saturated carbocycles. The van der Waals surface area contributed by atoms with Gasteiger partial charge in [0.2, 0.25) is 17.7 Å². The Labute approximate surface area is 171 Å². The summed E-state index contributed by atoms with van der Waals surface area (Å²) in [5.74, 6) is 0.223. The van der Waals surface area contributed by atoms with E-state index in [1.807, 2.05) is 26.0 Å². The van der Waals surface area contributed by atoms with Crippen molar-refractivity contribution in [2.75, 3.05) is 22.1 Å². The fourth-order valence-corrected chi connectivity index (χ4v) is 2.72. The zero-order chi connectivity index (χ0) is 21.4. The predicted octanol–water partition coefficient (Wildman–Crippen LogP) is 3.81. The van der Waals surface area contributed by atoms with Crippen LogP contribution in [-0.4, -0.2) is 30.4 Å². The Bertz CT molecular complexity index is 845. The lowest BCUT2D eigenvalue weighted by Gasteiger charge is -2.21. The van der Waals surface area contributed by atoms with E-state index in [-0.39, 0.29) is 36.8 Å². The summed E-state index contributed by atoms with van der Waals surface area (Å²) in [6.45, 7) is 7.05. The molecule has 0 aliphatic heterocycles. The lowest BCUT2D eigenvalue weighted by atomic mass is 10.2. The third-order valence-corrected chi connectivity index (χ3v) is 3.95. The second-order valence-electron chi connectivity index (χ2n) is 6.89. The zero-order valence-corrected chi connectivity index (χ0v) is 17.2. The highest BCUT2D eigenvalue weighted by atomic mass is 16.5. The number of benzene rings is 2. The van der Waals surface area contributed by atoms with E-state index in [9.17, 15) is 14.4 Å². The summed E-state index contributed by atoms with van der Waals surface area (Å²) in [5, 5.41) is 5.45. The summed E-state index contributed by atoms with van der Waals surface area (Å²) in [4.78, 5) is 36.9. The number of hydrogen-bond donors (Lipinski definition) is 2. The molecule has 2 aromatic carbocycles. The molecular formula is C22H27N3O4. The van der Waals surface area contributed by atoms with Crippen LogP contribution in [0.1, 0.15) is 34.1 Å². The number of anilines is 3. The van der Waals surface area contributed by atoms with Crippen LogP contribution in [-0.2, 0) is 14.4 Å². The van der Waals surface area contributed by atoms with Crippen LogP contribution in [0.15, 0.2) is 48.5 Å². The highest BCUT2D eigenvalue weighted by Crippen LogP contribution is 2.21. The van der Waals surface area contributed by atoms with Gasteiger partial charge < -0.3 is 20.3 Å². The minimum atomic E-state index is -0.205. The molecule has 0 aromatic heterocycles. The summed E-state index contributed by atoms with van der Waals surface area (Å²) >= 11 is 0. The fraction of sp³-hybridized carbons (Fsp3) is 0.318. The van der Waals surface area contributed by atoms with Gasteiger partial charge in [0, 0.05) is 43.9 Å². The molecule has 154 valence electrons. The van der Waals surface area contributed by atoms with Crippen molar-refractivity contribution in [3.63, 3.8) is 0 Å². The van der Waals surface area contributed by atoms with E-state index in [1.54, 1.807) is 41.3 Å². The Kier molecular flexibility index (Phi) is 7.77. The van der Waals surface area contributed by atoms with Crippen molar-refractivity contribution in [1.29, 1.82) is 0 Å². The van der Waals surface area contributed by atoms with Crippen molar-refractivity contribution >= 4 is 34.8 Å². The first-order chi connectivity index (χ1) is 13.7. The summed E-state index contributed by atoms with van der Waals surface area (Å²) in [7, 11) is 0. The molecule has 0 heterocycles. The van der Waals surface area contributed by atoms with Crippen LogP contribution in [0.5, 0.6) is 5.75 Å². The molecule has 0 atom stereocenters. The summed E-state index contributed by atoms with van der Waals surface area (Å²) in [6, 6.07) is 14.1. The van der Waals surface area contributed by atoms with Gasteiger partial charge in [-0.3, -0.25) is 14.4 Å². The van der Waals surface area contributed by atoms with Gasteiger partial charge in [0.25, 0.3) is 0 Å². The molecule has 0 unspecified atom stereocenters. The second kappa shape index (κ2) is 10.3. The maximum absolute atomic E-state index is 12.3. The minimum absolute atomic E-state index is 0.0702. The number of carbonyl (C=O) groups is 3. The Morgan fingerprint density at radius 1 is 0.897 bits per heavy atom. The summed E-state index contributed by atoms with van der Waals surface area (Å²) in [5.41, 5.74) is 1.98. The van der Waals surface area contributed by atoms with Crippen molar-refractivity contribution in [1.82, 2.24) is 0 Å². The molecule has 7 nitrogen and oxygen atoms in total. The van der Waals surface area contributed by atoms with Gasteiger partial charge in [-0.1, -0.05) is 0 Å². The molecule has 0 fully saturated rings. The van der Waals surface area contributed by atoms with Crippen LogP contribution in [0.2, 0.25) is 0 Å².